The minimum absolute atomic E-state index is 0.486. The van der Waals surface area contributed by atoms with Gasteiger partial charge in [0.1, 0.15) is 0 Å². The largest absolute Gasteiger partial charge is 0.310 e. The van der Waals surface area contributed by atoms with Crippen molar-refractivity contribution in [1.29, 1.82) is 0 Å². The fourth-order valence-corrected chi connectivity index (χ4v) is 13.9. The molecule has 1 atom stereocenters. The molecule has 0 saturated heterocycles. The number of anilines is 6. The van der Waals surface area contributed by atoms with Crippen molar-refractivity contribution in [1.82, 2.24) is 0 Å². The third-order valence-corrected chi connectivity index (χ3v) is 17.4. The Morgan fingerprint density at radius 1 is 0.309 bits per heavy atom. The van der Waals surface area contributed by atoms with E-state index < -0.39 is 10.8 Å². The van der Waals surface area contributed by atoms with Gasteiger partial charge >= 0.3 is 0 Å². The van der Waals surface area contributed by atoms with Crippen molar-refractivity contribution >= 4 is 66.4 Å². The maximum Gasteiger partial charge on any atom is 0.0713 e. The average molecular weight is 1030 g/mol. The van der Waals surface area contributed by atoms with Crippen LogP contribution in [0, 0.1) is 0 Å². The zero-order chi connectivity index (χ0) is 53.9. The fourth-order valence-electron chi connectivity index (χ4n) is 13.9. The Morgan fingerprint density at radius 2 is 0.691 bits per heavy atom. The molecule has 0 saturated carbocycles. The van der Waals surface area contributed by atoms with Crippen LogP contribution in [-0.2, 0) is 17.3 Å². The van der Waals surface area contributed by atoms with E-state index in [0.717, 1.165) is 46.1 Å². The molecular formula is C79H56N2. The topological polar surface area (TPSA) is 6.48 Å². The molecule has 0 bridgehead atoms. The first-order chi connectivity index (χ1) is 40.1. The molecule has 13 aromatic carbocycles. The van der Waals surface area contributed by atoms with E-state index in [1.807, 2.05) is 0 Å². The van der Waals surface area contributed by atoms with Gasteiger partial charge in [-0.1, -0.05) is 261 Å². The molecule has 81 heavy (non-hydrogen) atoms. The van der Waals surface area contributed by atoms with Crippen molar-refractivity contribution in [2.75, 3.05) is 9.80 Å². The van der Waals surface area contributed by atoms with E-state index in [2.05, 4.69) is 325 Å². The number of fused-ring (bicyclic) bond motifs is 4. The predicted octanol–water partition coefficient (Wildman–Crippen LogP) is 20.4. The lowest BCUT2D eigenvalue weighted by molar-refractivity contribution is 0.737. The molecule has 2 aliphatic carbocycles. The van der Waals surface area contributed by atoms with Gasteiger partial charge in [-0.3, -0.25) is 0 Å². The van der Waals surface area contributed by atoms with Gasteiger partial charge in [0.25, 0.3) is 0 Å². The van der Waals surface area contributed by atoms with E-state index in [4.69, 9.17) is 6.58 Å². The third-order valence-electron chi connectivity index (χ3n) is 17.4. The smallest absolute Gasteiger partial charge is 0.0713 e. The Balaban J connectivity index is 0.885. The van der Waals surface area contributed by atoms with E-state index in [1.165, 1.54) is 88.0 Å². The molecule has 0 fully saturated rings. The molecule has 0 N–H and O–H groups in total. The number of allylic oxidation sites excluding steroid dienone is 5. The molecule has 15 rings (SSSR count). The molecule has 0 spiro atoms. The highest BCUT2D eigenvalue weighted by molar-refractivity contribution is 6.28. The maximum atomic E-state index is 4.85. The van der Waals surface area contributed by atoms with Crippen molar-refractivity contribution in [2.45, 2.75) is 17.3 Å². The summed E-state index contributed by atoms with van der Waals surface area (Å²) in [5, 5.41) is 7.28. The summed E-state index contributed by atoms with van der Waals surface area (Å²) in [6, 6.07) is 108. The SMILES string of the molecule is C=C1/C=C\C=C/Cc2ccccc2C1(c1ccccc1)c1ccc(N(c2ccccc2)c2ccc3ccc4c(N(c5ccccc5)c5ccc(C6(c7ccccc7)c7ccccc7-c7ccccc76)cc5)ccc5ccc2c3c54)cc1. The second-order valence-corrected chi connectivity index (χ2v) is 21.5. The van der Waals surface area contributed by atoms with Crippen LogP contribution in [0.2, 0.25) is 0 Å². The van der Waals surface area contributed by atoms with Crippen molar-refractivity contribution in [3.63, 3.8) is 0 Å². The van der Waals surface area contributed by atoms with Crippen LogP contribution in [0.1, 0.15) is 44.5 Å². The van der Waals surface area contributed by atoms with Crippen molar-refractivity contribution in [2.24, 2.45) is 0 Å². The first kappa shape index (κ1) is 47.9. The summed E-state index contributed by atoms with van der Waals surface area (Å²) in [7, 11) is 0. The fraction of sp³-hybridized carbons (Fsp3) is 0.0380. The molecule has 13 aromatic rings. The van der Waals surface area contributed by atoms with E-state index in [9.17, 15) is 0 Å². The minimum atomic E-state index is -0.629. The van der Waals surface area contributed by atoms with Gasteiger partial charge in [0.05, 0.1) is 22.2 Å². The van der Waals surface area contributed by atoms with E-state index in [1.54, 1.807) is 0 Å². The van der Waals surface area contributed by atoms with E-state index >= 15 is 0 Å². The van der Waals surface area contributed by atoms with Crippen LogP contribution >= 0.6 is 0 Å². The molecule has 382 valence electrons. The minimum Gasteiger partial charge on any atom is -0.310 e. The van der Waals surface area contributed by atoms with Crippen LogP contribution in [0.15, 0.2) is 328 Å². The van der Waals surface area contributed by atoms with Crippen molar-refractivity contribution in [3.05, 3.63) is 372 Å². The van der Waals surface area contributed by atoms with Crippen molar-refractivity contribution < 1.29 is 0 Å². The molecule has 0 aliphatic heterocycles. The monoisotopic (exact) mass is 1030 g/mol. The summed E-state index contributed by atoms with van der Waals surface area (Å²) in [6.45, 7) is 4.85. The standard InChI is InChI=1S/C79H56N2/c1-55-23-7-2-8-24-56-25-17-20-36-71(56)78(55,59-26-9-3-10-27-59)61-43-47-65(48-44-61)80(63-30-13-5-14-31-63)74-53-41-57-40-52-70-75(54-42-58-39-51-69(74)76(57)77(58)70)81(64-32-15-6-16-33-64)66-49-45-62(46-50-66)79(60-28-11-4-12-29-60)72-37-21-18-34-67(72)68-35-19-22-38-73(68)79/h2-23,25-54H,1,24H2/b8-2-,23-7-. The van der Waals surface area contributed by atoms with Crippen LogP contribution in [0.25, 0.3) is 43.4 Å². The second kappa shape index (κ2) is 19.6. The molecule has 0 heterocycles. The van der Waals surface area contributed by atoms with Crippen LogP contribution in [0.5, 0.6) is 0 Å². The summed E-state index contributed by atoms with van der Waals surface area (Å²) < 4.78 is 0. The molecular weight excluding hydrogens is 977 g/mol. The first-order valence-corrected chi connectivity index (χ1v) is 28.2. The molecule has 2 heteroatoms. The summed E-state index contributed by atoms with van der Waals surface area (Å²) in [5.74, 6) is 0. The molecule has 0 aromatic heterocycles. The van der Waals surface area contributed by atoms with Crippen LogP contribution in [-0.4, -0.2) is 0 Å². The highest BCUT2D eigenvalue weighted by Crippen LogP contribution is 2.57. The molecule has 0 radical (unpaired) electrons. The lowest BCUT2D eigenvalue weighted by atomic mass is 9.63. The van der Waals surface area contributed by atoms with E-state index in [0.29, 0.717) is 0 Å². The molecule has 2 nitrogen and oxygen atoms in total. The van der Waals surface area contributed by atoms with Gasteiger partial charge in [0.2, 0.25) is 0 Å². The van der Waals surface area contributed by atoms with Gasteiger partial charge in [-0.05, 0) is 150 Å². The molecule has 1 unspecified atom stereocenters. The van der Waals surface area contributed by atoms with Gasteiger partial charge in [-0.15, -0.1) is 0 Å². The normalized spacial score (nSPS) is 16.0. The zero-order valence-electron chi connectivity index (χ0n) is 44.8. The second-order valence-electron chi connectivity index (χ2n) is 21.5. The Morgan fingerprint density at radius 3 is 1.20 bits per heavy atom. The zero-order valence-corrected chi connectivity index (χ0v) is 44.8. The third kappa shape index (κ3) is 7.48. The maximum absolute atomic E-state index is 4.85. The number of hydrogen-bond donors (Lipinski definition) is 0. The average Bonchev–Trinajstić information content (AvgIpc) is 2.58. The highest BCUT2D eigenvalue weighted by Gasteiger charge is 2.46. The first-order valence-electron chi connectivity index (χ1n) is 28.2. The Labute approximate surface area is 474 Å². The number of rotatable bonds is 10. The summed E-state index contributed by atoms with van der Waals surface area (Å²) in [5.41, 5.74) is 19.1. The van der Waals surface area contributed by atoms with E-state index in [-0.39, 0.29) is 0 Å². The number of hydrogen-bond acceptors (Lipinski definition) is 2. The van der Waals surface area contributed by atoms with Gasteiger partial charge in [-0.2, -0.15) is 0 Å². The highest BCUT2D eigenvalue weighted by atomic mass is 15.1. The number of benzene rings is 13. The quantitative estimate of drug-likeness (QED) is 0.126. The Kier molecular flexibility index (Phi) is 11.6. The van der Waals surface area contributed by atoms with Crippen LogP contribution in [0.4, 0.5) is 34.1 Å². The molecule has 0 amide bonds. The molecule has 2 aliphatic rings. The predicted molar refractivity (Wildman–Crippen MR) is 341 cm³/mol. The summed E-state index contributed by atoms with van der Waals surface area (Å²) >= 11 is 0. The van der Waals surface area contributed by atoms with Gasteiger partial charge in [0, 0.05) is 33.5 Å². The Hall–Kier alpha value is -10.3. The summed E-state index contributed by atoms with van der Waals surface area (Å²) in [4.78, 5) is 4.88. The van der Waals surface area contributed by atoms with Crippen LogP contribution < -0.4 is 9.80 Å². The van der Waals surface area contributed by atoms with Crippen molar-refractivity contribution in [3.8, 4) is 11.1 Å². The Bertz CT molecular complexity index is 4500. The number of para-hydroxylation sites is 2. The van der Waals surface area contributed by atoms with Gasteiger partial charge < -0.3 is 9.80 Å². The van der Waals surface area contributed by atoms with Gasteiger partial charge in [-0.25, -0.2) is 0 Å². The lowest BCUT2D eigenvalue weighted by Crippen LogP contribution is -2.32. The summed E-state index contributed by atoms with van der Waals surface area (Å²) in [6.07, 6.45) is 9.56. The lowest BCUT2D eigenvalue weighted by Gasteiger charge is -2.38. The number of nitrogens with zero attached hydrogens (tertiary/aromatic N) is 2. The van der Waals surface area contributed by atoms with Gasteiger partial charge in [0.15, 0.2) is 0 Å². The van der Waals surface area contributed by atoms with Crippen LogP contribution in [0.3, 0.4) is 0 Å².